The minimum absolute atomic E-state index is 0.110. The van der Waals surface area contributed by atoms with E-state index in [1.165, 1.54) is 0 Å². The van der Waals surface area contributed by atoms with Gasteiger partial charge in [-0.1, -0.05) is 38.0 Å². The number of aromatic hydroxyl groups is 1. The van der Waals surface area contributed by atoms with E-state index >= 15 is 0 Å². The fourth-order valence-electron chi connectivity index (χ4n) is 1.50. The number of phenolic OH excluding ortho intramolecular Hbond substituents is 1. The van der Waals surface area contributed by atoms with Crippen LogP contribution in [0.25, 0.3) is 0 Å². The maximum atomic E-state index is 10.3. The first-order chi connectivity index (χ1) is 7.90. The molecule has 0 radical (unpaired) electrons. The lowest BCUT2D eigenvalue weighted by atomic mass is 9.82. The summed E-state index contributed by atoms with van der Waals surface area (Å²) < 4.78 is 0.509. The van der Waals surface area contributed by atoms with E-state index in [2.05, 4.69) is 21.9 Å². The minimum Gasteiger partial charge on any atom is -0.507 e. The van der Waals surface area contributed by atoms with Gasteiger partial charge in [-0.05, 0) is 33.6 Å². The van der Waals surface area contributed by atoms with Gasteiger partial charge in [0.05, 0.1) is 10.6 Å². The average Bonchev–Trinajstić information content (AvgIpc) is 2.29. The summed E-state index contributed by atoms with van der Waals surface area (Å²) in [6.45, 7) is 3.75. The summed E-state index contributed by atoms with van der Waals surface area (Å²) in [7, 11) is 0. The van der Waals surface area contributed by atoms with Crippen molar-refractivity contribution in [2.24, 2.45) is 5.41 Å². The lowest BCUT2D eigenvalue weighted by Gasteiger charge is -2.28. The number of hydrogen-bond donors (Lipinski definition) is 2. The second kappa shape index (κ2) is 5.39. The van der Waals surface area contributed by atoms with Crippen molar-refractivity contribution in [3.63, 3.8) is 0 Å². The molecule has 17 heavy (non-hydrogen) atoms. The molecular formula is C14H15BrO2. The Balaban J connectivity index is 3.13. The summed E-state index contributed by atoms with van der Waals surface area (Å²) in [4.78, 5) is 0. The zero-order chi connectivity index (χ0) is 13.1. The minimum atomic E-state index is -0.756. The molecule has 0 amide bonds. The fourth-order valence-corrected chi connectivity index (χ4v) is 1.98. The van der Waals surface area contributed by atoms with Crippen LogP contribution in [0.15, 0.2) is 34.8 Å². The standard InChI is InChI=1S/C14H15BrO2/c1-4-5-9-14(2,3)13(17)10-7-6-8-11(16)12(10)15/h1,5-9,13,16-17H,2-3H3/b9-5+/t13-/m1/s1. The number of aliphatic hydroxyl groups excluding tert-OH is 1. The summed E-state index contributed by atoms with van der Waals surface area (Å²) in [5.74, 6) is 2.51. The molecule has 0 fully saturated rings. The number of phenols is 1. The quantitative estimate of drug-likeness (QED) is 0.839. The van der Waals surface area contributed by atoms with E-state index < -0.39 is 11.5 Å². The Morgan fingerprint density at radius 3 is 2.71 bits per heavy atom. The molecule has 0 spiro atoms. The van der Waals surface area contributed by atoms with Crippen molar-refractivity contribution < 1.29 is 10.2 Å². The maximum Gasteiger partial charge on any atom is 0.130 e. The van der Waals surface area contributed by atoms with Crippen LogP contribution < -0.4 is 0 Å². The van der Waals surface area contributed by atoms with Gasteiger partial charge in [-0.15, -0.1) is 6.42 Å². The van der Waals surface area contributed by atoms with Crippen LogP contribution in [-0.4, -0.2) is 10.2 Å². The summed E-state index contributed by atoms with van der Waals surface area (Å²) in [6, 6.07) is 5.02. The molecule has 2 nitrogen and oxygen atoms in total. The molecule has 0 bridgehead atoms. The number of halogens is 1. The first kappa shape index (κ1) is 13.8. The molecular weight excluding hydrogens is 280 g/mol. The molecule has 0 aliphatic carbocycles. The summed E-state index contributed by atoms with van der Waals surface area (Å²) in [5.41, 5.74) is 0.125. The second-order valence-electron chi connectivity index (χ2n) is 4.40. The van der Waals surface area contributed by atoms with Crippen LogP contribution in [0.4, 0.5) is 0 Å². The van der Waals surface area contributed by atoms with E-state index in [0.717, 1.165) is 0 Å². The van der Waals surface area contributed by atoms with E-state index in [1.807, 2.05) is 13.8 Å². The number of benzene rings is 1. The van der Waals surface area contributed by atoms with Gasteiger partial charge in [0.25, 0.3) is 0 Å². The third-order valence-corrected chi connectivity index (χ3v) is 3.48. The fraction of sp³-hybridized carbons (Fsp3) is 0.286. The molecule has 0 aromatic heterocycles. The SMILES string of the molecule is C#C/C=C/C(C)(C)[C@H](O)c1cccc(O)c1Br. The molecule has 0 aliphatic rings. The van der Waals surface area contributed by atoms with Crippen LogP contribution in [0.3, 0.4) is 0 Å². The van der Waals surface area contributed by atoms with Gasteiger partial charge in [-0.25, -0.2) is 0 Å². The van der Waals surface area contributed by atoms with E-state index in [4.69, 9.17) is 6.42 Å². The largest absolute Gasteiger partial charge is 0.507 e. The third kappa shape index (κ3) is 3.12. The molecule has 1 rings (SSSR count). The highest BCUT2D eigenvalue weighted by Crippen LogP contribution is 2.40. The van der Waals surface area contributed by atoms with Gasteiger partial charge in [0.1, 0.15) is 5.75 Å². The molecule has 0 saturated carbocycles. The number of hydrogen-bond acceptors (Lipinski definition) is 2. The predicted octanol–water partition coefficient (Wildman–Crippen LogP) is 3.40. The Morgan fingerprint density at radius 2 is 2.12 bits per heavy atom. The van der Waals surface area contributed by atoms with Crippen LogP contribution in [0, 0.1) is 17.8 Å². The zero-order valence-corrected chi connectivity index (χ0v) is 11.4. The van der Waals surface area contributed by atoms with Gasteiger partial charge in [0.15, 0.2) is 0 Å². The molecule has 0 aliphatic heterocycles. The van der Waals surface area contributed by atoms with Gasteiger partial charge in [0, 0.05) is 5.41 Å². The van der Waals surface area contributed by atoms with Crippen molar-refractivity contribution in [3.8, 4) is 18.1 Å². The highest BCUT2D eigenvalue weighted by molar-refractivity contribution is 9.10. The Labute approximate surface area is 110 Å². The predicted molar refractivity (Wildman–Crippen MR) is 72.5 cm³/mol. The van der Waals surface area contributed by atoms with Gasteiger partial charge in [-0.2, -0.15) is 0 Å². The number of allylic oxidation sites excluding steroid dienone is 1. The van der Waals surface area contributed by atoms with Crippen LogP contribution >= 0.6 is 15.9 Å². The van der Waals surface area contributed by atoms with Gasteiger partial charge in [0.2, 0.25) is 0 Å². The van der Waals surface area contributed by atoms with E-state index in [9.17, 15) is 10.2 Å². The maximum absolute atomic E-state index is 10.3. The van der Waals surface area contributed by atoms with Gasteiger partial charge >= 0.3 is 0 Å². The normalized spacial score (nSPS) is 13.6. The lowest BCUT2D eigenvalue weighted by molar-refractivity contribution is 0.0811. The van der Waals surface area contributed by atoms with E-state index in [1.54, 1.807) is 30.4 Å². The summed E-state index contributed by atoms with van der Waals surface area (Å²) in [6.07, 6.45) is 7.75. The van der Waals surface area contributed by atoms with Crippen LogP contribution in [0.2, 0.25) is 0 Å². The number of terminal acetylenes is 1. The molecule has 1 aromatic rings. The Bertz CT molecular complexity index is 470. The smallest absolute Gasteiger partial charge is 0.130 e. The van der Waals surface area contributed by atoms with Crippen molar-refractivity contribution in [1.29, 1.82) is 0 Å². The van der Waals surface area contributed by atoms with Gasteiger partial charge < -0.3 is 10.2 Å². The average molecular weight is 295 g/mol. The van der Waals surface area contributed by atoms with Crippen molar-refractivity contribution in [1.82, 2.24) is 0 Å². The molecule has 0 saturated heterocycles. The molecule has 1 aromatic carbocycles. The molecule has 90 valence electrons. The molecule has 0 unspecified atom stereocenters. The number of rotatable bonds is 3. The van der Waals surface area contributed by atoms with Crippen molar-refractivity contribution >= 4 is 15.9 Å². The first-order valence-electron chi connectivity index (χ1n) is 5.19. The monoisotopic (exact) mass is 294 g/mol. The highest BCUT2D eigenvalue weighted by Gasteiger charge is 2.28. The molecule has 1 atom stereocenters. The topological polar surface area (TPSA) is 40.5 Å². The summed E-state index contributed by atoms with van der Waals surface area (Å²) in [5, 5.41) is 19.9. The molecule has 3 heteroatoms. The van der Waals surface area contributed by atoms with E-state index in [-0.39, 0.29) is 5.75 Å². The number of aliphatic hydroxyl groups is 1. The van der Waals surface area contributed by atoms with Crippen molar-refractivity contribution in [2.75, 3.05) is 0 Å². The lowest BCUT2D eigenvalue weighted by Crippen LogP contribution is -2.19. The van der Waals surface area contributed by atoms with Crippen LogP contribution in [0.1, 0.15) is 25.5 Å². The van der Waals surface area contributed by atoms with E-state index in [0.29, 0.717) is 10.0 Å². The Kier molecular flexibility index (Phi) is 4.39. The highest BCUT2D eigenvalue weighted by atomic mass is 79.9. The van der Waals surface area contributed by atoms with Crippen LogP contribution in [0.5, 0.6) is 5.75 Å². The van der Waals surface area contributed by atoms with Gasteiger partial charge in [-0.3, -0.25) is 0 Å². The third-order valence-electron chi connectivity index (χ3n) is 2.62. The zero-order valence-electron chi connectivity index (χ0n) is 9.81. The summed E-state index contributed by atoms with van der Waals surface area (Å²) >= 11 is 3.27. The molecule has 2 N–H and O–H groups in total. The second-order valence-corrected chi connectivity index (χ2v) is 5.20. The van der Waals surface area contributed by atoms with Crippen molar-refractivity contribution in [3.05, 3.63) is 40.4 Å². The Morgan fingerprint density at radius 1 is 1.47 bits per heavy atom. The Hall–Kier alpha value is -1.24. The molecule has 0 heterocycles. The van der Waals surface area contributed by atoms with Crippen molar-refractivity contribution in [2.45, 2.75) is 20.0 Å². The van der Waals surface area contributed by atoms with Crippen LogP contribution in [-0.2, 0) is 0 Å². The first-order valence-corrected chi connectivity index (χ1v) is 5.98.